The highest BCUT2D eigenvalue weighted by Gasteiger charge is 2.22. The largest absolute Gasteiger partial charge is 0.366 e. The minimum Gasteiger partial charge on any atom is -0.366 e. The molecule has 0 saturated carbocycles. The highest BCUT2D eigenvalue weighted by Crippen LogP contribution is 2.24. The van der Waals surface area contributed by atoms with Crippen LogP contribution in [0.15, 0.2) is 65.6 Å². The Hall–Kier alpha value is -3.29. The molecule has 5 rings (SSSR count). The lowest BCUT2D eigenvalue weighted by atomic mass is 10.2. The Labute approximate surface area is 190 Å². The number of aryl methyl sites for hydroxylation is 1. The van der Waals surface area contributed by atoms with E-state index in [2.05, 4.69) is 14.9 Å². The molecule has 1 aliphatic rings. The van der Waals surface area contributed by atoms with Crippen LogP contribution in [0.1, 0.15) is 11.4 Å². The molecule has 1 saturated heterocycles. The molecule has 8 heteroatoms. The van der Waals surface area contributed by atoms with Gasteiger partial charge in [0.2, 0.25) is 0 Å². The molecule has 2 aromatic carbocycles. The number of hydrogen-bond donors (Lipinski definition) is 0. The molecule has 0 amide bonds. The molecule has 0 unspecified atom stereocenters. The topological polar surface area (TPSA) is 67.2 Å². The molecular formula is C24H23ClN6O. The van der Waals surface area contributed by atoms with Gasteiger partial charge in [-0.25, -0.2) is 9.97 Å². The van der Waals surface area contributed by atoms with Crippen LogP contribution in [0.4, 0.5) is 5.69 Å². The molecule has 7 nitrogen and oxygen atoms in total. The summed E-state index contributed by atoms with van der Waals surface area (Å²) in [6, 6.07) is 17.2. The minimum atomic E-state index is -0.306. The number of piperazine rings is 1. The molecule has 2 aromatic heterocycles. The second-order valence-electron chi connectivity index (χ2n) is 7.90. The average molecular weight is 447 g/mol. The Bertz CT molecular complexity index is 1320. The van der Waals surface area contributed by atoms with E-state index in [1.807, 2.05) is 61.5 Å². The molecule has 0 bridgehead atoms. The average Bonchev–Trinajstić information content (AvgIpc) is 2.82. The van der Waals surface area contributed by atoms with Gasteiger partial charge in [-0.1, -0.05) is 41.9 Å². The number of anilines is 1. The summed E-state index contributed by atoms with van der Waals surface area (Å²) in [4.78, 5) is 26.8. The molecule has 4 aromatic rings. The van der Waals surface area contributed by atoms with Gasteiger partial charge in [0, 0.05) is 32.7 Å². The summed E-state index contributed by atoms with van der Waals surface area (Å²) < 4.78 is 1.34. The van der Waals surface area contributed by atoms with Crippen molar-refractivity contribution in [1.82, 2.24) is 24.6 Å². The van der Waals surface area contributed by atoms with Crippen LogP contribution in [0.3, 0.4) is 0 Å². The van der Waals surface area contributed by atoms with Gasteiger partial charge in [-0.2, -0.15) is 9.78 Å². The summed E-state index contributed by atoms with van der Waals surface area (Å²) in [7, 11) is 0. The molecule has 32 heavy (non-hydrogen) atoms. The van der Waals surface area contributed by atoms with Crippen LogP contribution in [0.25, 0.3) is 16.7 Å². The van der Waals surface area contributed by atoms with Crippen molar-refractivity contribution >= 4 is 28.3 Å². The van der Waals surface area contributed by atoms with E-state index >= 15 is 0 Å². The van der Waals surface area contributed by atoms with Gasteiger partial charge in [-0.05, 0) is 31.2 Å². The first-order valence-corrected chi connectivity index (χ1v) is 11.0. The van der Waals surface area contributed by atoms with E-state index in [0.717, 1.165) is 55.1 Å². The number of aromatic nitrogens is 4. The Kier molecular flexibility index (Phi) is 5.59. The van der Waals surface area contributed by atoms with Gasteiger partial charge >= 0.3 is 0 Å². The number of hydrogen-bond acceptors (Lipinski definition) is 6. The first-order chi connectivity index (χ1) is 15.6. The normalized spacial score (nSPS) is 14.8. The lowest BCUT2D eigenvalue weighted by Crippen LogP contribution is -2.46. The molecule has 0 spiro atoms. The van der Waals surface area contributed by atoms with Crippen LogP contribution in [0, 0.1) is 6.92 Å². The SMILES string of the molecule is Cc1nc2ccccc2nc1CN1CCN(c2cnn(-c3ccccc3)c(=O)c2Cl)CC1. The van der Waals surface area contributed by atoms with Crippen LogP contribution in [-0.2, 0) is 6.54 Å². The molecule has 0 aliphatic carbocycles. The number of rotatable bonds is 4. The zero-order valence-electron chi connectivity index (χ0n) is 17.8. The Morgan fingerprint density at radius 3 is 2.28 bits per heavy atom. The van der Waals surface area contributed by atoms with Crippen LogP contribution >= 0.6 is 11.6 Å². The van der Waals surface area contributed by atoms with Crippen molar-refractivity contribution in [2.45, 2.75) is 13.5 Å². The van der Waals surface area contributed by atoms with E-state index < -0.39 is 0 Å². The van der Waals surface area contributed by atoms with E-state index in [1.54, 1.807) is 6.20 Å². The monoisotopic (exact) mass is 446 g/mol. The van der Waals surface area contributed by atoms with Crippen molar-refractivity contribution in [3.05, 3.63) is 87.6 Å². The highest BCUT2D eigenvalue weighted by atomic mass is 35.5. The molecule has 0 atom stereocenters. The van der Waals surface area contributed by atoms with Crippen molar-refractivity contribution in [3.8, 4) is 5.69 Å². The molecule has 1 fully saturated rings. The molecular weight excluding hydrogens is 424 g/mol. The van der Waals surface area contributed by atoms with Gasteiger partial charge in [-0.3, -0.25) is 9.69 Å². The summed E-state index contributed by atoms with van der Waals surface area (Å²) in [5, 5.41) is 4.56. The van der Waals surface area contributed by atoms with Gasteiger partial charge in [0.25, 0.3) is 5.56 Å². The van der Waals surface area contributed by atoms with E-state index in [4.69, 9.17) is 21.6 Å². The fourth-order valence-corrected chi connectivity index (χ4v) is 4.28. The van der Waals surface area contributed by atoms with Gasteiger partial charge in [0.15, 0.2) is 0 Å². The van der Waals surface area contributed by atoms with Gasteiger partial charge in [-0.15, -0.1) is 0 Å². The maximum atomic E-state index is 12.8. The van der Waals surface area contributed by atoms with Crippen molar-refractivity contribution in [3.63, 3.8) is 0 Å². The number of para-hydroxylation sites is 3. The van der Waals surface area contributed by atoms with Crippen LogP contribution in [0.5, 0.6) is 0 Å². The fourth-order valence-electron chi connectivity index (χ4n) is 4.03. The number of nitrogens with zero attached hydrogens (tertiary/aromatic N) is 6. The summed E-state index contributed by atoms with van der Waals surface area (Å²) in [6.07, 6.45) is 1.69. The predicted octanol–water partition coefficient (Wildman–Crippen LogP) is 3.46. The van der Waals surface area contributed by atoms with Crippen molar-refractivity contribution in [2.75, 3.05) is 31.1 Å². The Morgan fingerprint density at radius 1 is 0.906 bits per heavy atom. The van der Waals surface area contributed by atoms with Crippen LogP contribution in [-0.4, -0.2) is 50.8 Å². The maximum Gasteiger partial charge on any atom is 0.292 e. The smallest absolute Gasteiger partial charge is 0.292 e. The number of halogens is 1. The van der Waals surface area contributed by atoms with Crippen molar-refractivity contribution < 1.29 is 0 Å². The van der Waals surface area contributed by atoms with Gasteiger partial charge in [0.05, 0.1) is 40.0 Å². The molecule has 162 valence electrons. The number of benzene rings is 2. The van der Waals surface area contributed by atoms with E-state index in [0.29, 0.717) is 11.4 Å². The Balaban J connectivity index is 1.29. The predicted molar refractivity (Wildman–Crippen MR) is 127 cm³/mol. The minimum absolute atomic E-state index is 0.202. The lowest BCUT2D eigenvalue weighted by molar-refractivity contribution is 0.246. The lowest BCUT2D eigenvalue weighted by Gasteiger charge is -2.36. The van der Waals surface area contributed by atoms with Gasteiger partial charge in [0.1, 0.15) is 5.02 Å². The third-order valence-electron chi connectivity index (χ3n) is 5.83. The Morgan fingerprint density at radius 2 is 1.56 bits per heavy atom. The van der Waals surface area contributed by atoms with E-state index in [1.165, 1.54) is 4.68 Å². The first kappa shape index (κ1) is 20.6. The fraction of sp³-hybridized carbons (Fsp3) is 0.250. The van der Waals surface area contributed by atoms with E-state index in [9.17, 15) is 4.79 Å². The summed E-state index contributed by atoms with van der Waals surface area (Å²) >= 11 is 6.48. The van der Waals surface area contributed by atoms with Crippen molar-refractivity contribution in [1.29, 1.82) is 0 Å². The zero-order valence-corrected chi connectivity index (χ0v) is 18.5. The second kappa shape index (κ2) is 8.68. The van der Waals surface area contributed by atoms with E-state index in [-0.39, 0.29) is 10.6 Å². The zero-order chi connectivity index (χ0) is 22.1. The van der Waals surface area contributed by atoms with Crippen LogP contribution in [0.2, 0.25) is 5.02 Å². The quantitative estimate of drug-likeness (QED) is 0.478. The first-order valence-electron chi connectivity index (χ1n) is 10.6. The molecule has 0 N–H and O–H groups in total. The molecule has 0 radical (unpaired) electrons. The third-order valence-corrected chi connectivity index (χ3v) is 6.19. The molecule has 1 aliphatic heterocycles. The summed E-state index contributed by atoms with van der Waals surface area (Å²) in [5.74, 6) is 0. The maximum absolute atomic E-state index is 12.8. The van der Waals surface area contributed by atoms with Crippen molar-refractivity contribution in [2.24, 2.45) is 0 Å². The third kappa shape index (κ3) is 3.97. The highest BCUT2D eigenvalue weighted by molar-refractivity contribution is 6.33. The second-order valence-corrected chi connectivity index (χ2v) is 8.28. The van der Waals surface area contributed by atoms with Gasteiger partial charge < -0.3 is 4.90 Å². The standard InChI is InChI=1S/C24H23ClN6O/c1-17-21(28-20-10-6-5-9-19(20)27-17)16-29-11-13-30(14-12-29)22-15-26-31(24(32)23(22)25)18-7-3-2-4-8-18/h2-10,15H,11-14,16H2,1H3. The summed E-state index contributed by atoms with van der Waals surface area (Å²) in [6.45, 7) is 5.96. The molecule has 3 heterocycles. The number of fused-ring (bicyclic) bond motifs is 1. The summed E-state index contributed by atoms with van der Waals surface area (Å²) in [5.41, 5.74) is 4.88. The van der Waals surface area contributed by atoms with Crippen LogP contribution < -0.4 is 10.5 Å².